The molecule has 1 fully saturated rings. The molecule has 3 aromatic heterocycles. The van der Waals surface area contributed by atoms with Crippen LogP contribution < -0.4 is 4.90 Å². The molecule has 0 aromatic carbocycles. The zero-order chi connectivity index (χ0) is 18.8. The van der Waals surface area contributed by atoms with Crippen LogP contribution in [-0.4, -0.2) is 55.7 Å². The first kappa shape index (κ1) is 17.4. The number of carbonyl (C=O) groups excluding carboxylic acids is 1. The Kier molecular flexibility index (Phi) is 4.70. The number of hydrogen-bond acceptors (Lipinski definition) is 6. The highest BCUT2D eigenvalue weighted by Gasteiger charge is 2.29. The van der Waals surface area contributed by atoms with Crippen molar-refractivity contribution in [1.29, 1.82) is 0 Å². The number of hydrogen-bond donors (Lipinski definition) is 0. The largest absolute Gasteiger partial charge is 0.355 e. The van der Waals surface area contributed by atoms with Gasteiger partial charge in [-0.15, -0.1) is 15.3 Å². The molecule has 27 heavy (non-hydrogen) atoms. The van der Waals surface area contributed by atoms with Crippen molar-refractivity contribution in [3.8, 4) is 0 Å². The molecule has 4 rings (SSSR count). The monoisotopic (exact) mass is 365 g/mol. The molecule has 8 nitrogen and oxygen atoms in total. The number of aromatic nitrogens is 5. The van der Waals surface area contributed by atoms with Gasteiger partial charge in [-0.3, -0.25) is 9.78 Å². The van der Waals surface area contributed by atoms with Crippen molar-refractivity contribution in [3.63, 3.8) is 0 Å². The van der Waals surface area contributed by atoms with Crippen molar-refractivity contribution in [3.05, 3.63) is 48.5 Å². The Morgan fingerprint density at radius 3 is 2.67 bits per heavy atom. The summed E-state index contributed by atoms with van der Waals surface area (Å²) < 4.78 is 1.68. The topological polar surface area (TPSA) is 79.5 Å². The van der Waals surface area contributed by atoms with E-state index in [0.29, 0.717) is 0 Å². The van der Waals surface area contributed by atoms with Crippen LogP contribution in [0.3, 0.4) is 0 Å². The zero-order valence-electron chi connectivity index (χ0n) is 15.6. The van der Waals surface area contributed by atoms with E-state index >= 15 is 0 Å². The molecule has 0 radical (unpaired) electrons. The molecule has 1 saturated heterocycles. The quantitative estimate of drug-likeness (QED) is 0.703. The van der Waals surface area contributed by atoms with Crippen molar-refractivity contribution >= 4 is 17.4 Å². The third-order valence-electron chi connectivity index (χ3n) is 5.43. The number of pyridine rings is 1. The lowest BCUT2D eigenvalue weighted by atomic mass is 9.94. The lowest BCUT2D eigenvalue weighted by Crippen LogP contribution is -2.42. The van der Waals surface area contributed by atoms with Crippen molar-refractivity contribution in [2.75, 3.05) is 25.0 Å². The Bertz CT molecular complexity index is 918. The van der Waals surface area contributed by atoms with E-state index in [0.717, 1.165) is 43.0 Å². The van der Waals surface area contributed by atoms with Crippen LogP contribution in [0.1, 0.15) is 31.4 Å². The van der Waals surface area contributed by atoms with Gasteiger partial charge in [0.05, 0.1) is 6.04 Å². The molecular formula is C19H23N7O. The van der Waals surface area contributed by atoms with E-state index in [9.17, 15) is 4.79 Å². The molecule has 1 atom stereocenters. The Morgan fingerprint density at radius 1 is 1.19 bits per heavy atom. The van der Waals surface area contributed by atoms with Gasteiger partial charge in [-0.1, -0.05) is 0 Å². The Labute approximate surface area is 157 Å². The summed E-state index contributed by atoms with van der Waals surface area (Å²) in [4.78, 5) is 21.1. The minimum atomic E-state index is 0.0383. The molecule has 4 heterocycles. The second-order valence-electron chi connectivity index (χ2n) is 6.99. The number of anilines is 1. The number of piperidine rings is 1. The molecule has 1 aliphatic rings. The Balaban J connectivity index is 1.38. The summed E-state index contributed by atoms with van der Waals surface area (Å²) >= 11 is 0. The van der Waals surface area contributed by atoms with Gasteiger partial charge >= 0.3 is 0 Å². The fraction of sp³-hybridized carbons (Fsp3) is 0.421. The maximum absolute atomic E-state index is 13.0. The lowest BCUT2D eigenvalue weighted by Gasteiger charge is -2.35. The number of nitrogens with zero attached hydrogens (tertiary/aromatic N) is 7. The fourth-order valence-corrected chi connectivity index (χ4v) is 3.59. The minimum Gasteiger partial charge on any atom is -0.355 e. The van der Waals surface area contributed by atoms with Gasteiger partial charge < -0.3 is 9.80 Å². The molecule has 8 heteroatoms. The van der Waals surface area contributed by atoms with Gasteiger partial charge in [-0.2, -0.15) is 4.52 Å². The molecule has 1 amide bonds. The van der Waals surface area contributed by atoms with E-state index < -0.39 is 0 Å². The predicted molar refractivity (Wildman–Crippen MR) is 101 cm³/mol. The third-order valence-corrected chi connectivity index (χ3v) is 5.43. The van der Waals surface area contributed by atoms with E-state index in [-0.39, 0.29) is 17.9 Å². The van der Waals surface area contributed by atoms with E-state index in [1.807, 2.05) is 36.2 Å². The molecule has 0 N–H and O–H groups in total. The van der Waals surface area contributed by atoms with Crippen LogP contribution in [0.25, 0.3) is 5.65 Å². The van der Waals surface area contributed by atoms with Crippen molar-refractivity contribution in [2.45, 2.75) is 25.8 Å². The second-order valence-corrected chi connectivity index (χ2v) is 6.99. The van der Waals surface area contributed by atoms with Gasteiger partial charge in [0.25, 0.3) is 0 Å². The highest BCUT2D eigenvalue weighted by molar-refractivity contribution is 5.79. The number of carbonyl (C=O) groups is 1. The first-order chi connectivity index (χ1) is 13.1. The average Bonchev–Trinajstić information content (AvgIpc) is 3.21. The second kappa shape index (κ2) is 7.30. The van der Waals surface area contributed by atoms with E-state index in [1.165, 1.54) is 0 Å². The molecular weight excluding hydrogens is 342 g/mol. The first-order valence-electron chi connectivity index (χ1n) is 9.22. The Morgan fingerprint density at radius 2 is 1.93 bits per heavy atom. The lowest BCUT2D eigenvalue weighted by molar-refractivity contribution is -0.136. The third kappa shape index (κ3) is 3.47. The predicted octanol–water partition coefficient (Wildman–Crippen LogP) is 1.96. The minimum absolute atomic E-state index is 0.0383. The summed E-state index contributed by atoms with van der Waals surface area (Å²) in [6.45, 7) is 3.68. The maximum Gasteiger partial charge on any atom is 0.226 e. The van der Waals surface area contributed by atoms with Gasteiger partial charge in [0.2, 0.25) is 5.91 Å². The normalized spacial score (nSPS) is 16.4. The number of rotatable bonds is 4. The molecule has 0 spiro atoms. The van der Waals surface area contributed by atoms with Crippen LogP contribution in [0.2, 0.25) is 0 Å². The SMILES string of the molecule is CC(c1ccncc1)N(C)C(=O)C1CCN(c2ccc3nncn3n2)CC1. The molecule has 1 aliphatic heterocycles. The average molecular weight is 365 g/mol. The zero-order valence-corrected chi connectivity index (χ0v) is 15.6. The van der Waals surface area contributed by atoms with Crippen LogP contribution >= 0.6 is 0 Å². The van der Waals surface area contributed by atoms with Gasteiger partial charge in [-0.05, 0) is 49.6 Å². The fourth-order valence-electron chi connectivity index (χ4n) is 3.59. The maximum atomic E-state index is 13.0. The number of fused-ring (bicyclic) bond motifs is 1. The summed E-state index contributed by atoms with van der Waals surface area (Å²) in [5, 5.41) is 12.4. The van der Waals surface area contributed by atoms with Crippen molar-refractivity contribution in [2.24, 2.45) is 5.92 Å². The molecule has 1 unspecified atom stereocenters. The summed E-state index contributed by atoms with van der Waals surface area (Å²) in [5.41, 5.74) is 1.83. The summed E-state index contributed by atoms with van der Waals surface area (Å²) in [5.74, 6) is 1.15. The summed E-state index contributed by atoms with van der Waals surface area (Å²) in [6.07, 6.45) is 6.79. The Hall–Kier alpha value is -3.03. The van der Waals surface area contributed by atoms with E-state index in [2.05, 4.69) is 32.1 Å². The molecule has 0 aliphatic carbocycles. The molecule has 0 bridgehead atoms. The van der Waals surface area contributed by atoms with Crippen LogP contribution in [-0.2, 0) is 4.79 Å². The van der Waals surface area contributed by atoms with Gasteiger partial charge in [0, 0.05) is 38.4 Å². The number of amides is 1. The molecule has 0 saturated carbocycles. The molecule has 140 valence electrons. The van der Waals surface area contributed by atoms with E-state index in [4.69, 9.17) is 0 Å². The van der Waals surface area contributed by atoms with Crippen LogP contribution in [0, 0.1) is 5.92 Å². The van der Waals surface area contributed by atoms with E-state index in [1.54, 1.807) is 23.2 Å². The first-order valence-corrected chi connectivity index (χ1v) is 9.22. The highest BCUT2D eigenvalue weighted by Crippen LogP contribution is 2.26. The van der Waals surface area contributed by atoms with Crippen molar-refractivity contribution < 1.29 is 4.79 Å². The van der Waals surface area contributed by atoms with Crippen molar-refractivity contribution in [1.82, 2.24) is 29.7 Å². The highest BCUT2D eigenvalue weighted by atomic mass is 16.2. The smallest absolute Gasteiger partial charge is 0.226 e. The van der Waals surface area contributed by atoms with Gasteiger partial charge in [-0.25, -0.2) is 0 Å². The summed E-state index contributed by atoms with van der Waals surface area (Å²) in [7, 11) is 1.89. The van der Waals surface area contributed by atoms with Crippen LogP contribution in [0.5, 0.6) is 0 Å². The van der Waals surface area contributed by atoms with Gasteiger partial charge in [0.1, 0.15) is 12.1 Å². The van der Waals surface area contributed by atoms with Crippen LogP contribution in [0.15, 0.2) is 43.0 Å². The standard InChI is InChI=1S/C19H23N7O/c1-14(15-5-9-20-10-6-15)24(2)19(27)16-7-11-25(12-8-16)18-4-3-17-22-21-13-26(17)23-18/h3-6,9-10,13-14,16H,7-8,11-12H2,1-2H3. The van der Waals surface area contributed by atoms with Gasteiger partial charge in [0.15, 0.2) is 5.65 Å². The van der Waals surface area contributed by atoms with Crippen LogP contribution in [0.4, 0.5) is 5.82 Å². The summed E-state index contributed by atoms with van der Waals surface area (Å²) in [6, 6.07) is 7.84. The molecule has 3 aromatic rings.